The SMILES string of the molecule is O=C(c1ccc(OCc2c(-c3ccccn3)noc2CO)nc1)N1CCS(=O)(=O)CC1. The number of hydrogen-bond acceptors (Lipinski definition) is 9. The van der Waals surface area contributed by atoms with Crippen molar-refractivity contribution < 1.29 is 27.6 Å². The van der Waals surface area contributed by atoms with Gasteiger partial charge in [0.05, 0.1) is 28.3 Å². The van der Waals surface area contributed by atoms with Gasteiger partial charge in [0.1, 0.15) is 18.9 Å². The van der Waals surface area contributed by atoms with E-state index in [2.05, 4.69) is 15.1 Å². The number of rotatable bonds is 6. The number of carbonyl (C=O) groups excluding carboxylic acids is 1. The fourth-order valence-corrected chi connectivity index (χ4v) is 4.36. The predicted molar refractivity (Wildman–Crippen MR) is 109 cm³/mol. The van der Waals surface area contributed by atoms with Crippen LogP contribution in [0.4, 0.5) is 0 Å². The molecule has 3 aromatic rings. The van der Waals surface area contributed by atoms with Crippen LogP contribution in [-0.4, -0.2) is 64.1 Å². The maximum absolute atomic E-state index is 12.5. The minimum atomic E-state index is -3.06. The van der Waals surface area contributed by atoms with Crippen molar-refractivity contribution in [3.05, 3.63) is 59.6 Å². The zero-order chi connectivity index (χ0) is 21.8. The van der Waals surface area contributed by atoms with Crippen LogP contribution in [-0.2, 0) is 23.1 Å². The molecule has 1 saturated heterocycles. The van der Waals surface area contributed by atoms with E-state index in [1.54, 1.807) is 30.5 Å². The third-order valence-electron chi connectivity index (χ3n) is 4.90. The lowest BCUT2D eigenvalue weighted by Crippen LogP contribution is -2.43. The van der Waals surface area contributed by atoms with Gasteiger partial charge in [-0.25, -0.2) is 13.4 Å². The van der Waals surface area contributed by atoms with Gasteiger partial charge in [-0.2, -0.15) is 0 Å². The second-order valence-electron chi connectivity index (χ2n) is 6.92. The van der Waals surface area contributed by atoms with E-state index in [1.807, 2.05) is 6.07 Å². The Balaban J connectivity index is 1.44. The number of sulfone groups is 1. The molecular formula is C20H20N4O6S. The molecule has 162 valence electrons. The van der Waals surface area contributed by atoms with Crippen LogP contribution in [0.3, 0.4) is 0 Å². The first-order valence-corrected chi connectivity index (χ1v) is 11.4. The number of hydrogen-bond donors (Lipinski definition) is 1. The van der Waals surface area contributed by atoms with Gasteiger partial charge in [0.2, 0.25) is 5.88 Å². The van der Waals surface area contributed by atoms with Gasteiger partial charge in [-0.3, -0.25) is 9.78 Å². The van der Waals surface area contributed by atoms with Gasteiger partial charge in [-0.05, 0) is 18.2 Å². The van der Waals surface area contributed by atoms with Gasteiger partial charge in [0, 0.05) is 31.5 Å². The van der Waals surface area contributed by atoms with Gasteiger partial charge in [0.25, 0.3) is 5.91 Å². The molecule has 1 N–H and O–H groups in total. The Morgan fingerprint density at radius 2 is 1.97 bits per heavy atom. The van der Waals surface area contributed by atoms with Crippen LogP contribution in [0.25, 0.3) is 11.4 Å². The number of aliphatic hydroxyl groups excluding tert-OH is 1. The summed E-state index contributed by atoms with van der Waals surface area (Å²) in [6, 6.07) is 8.50. The topological polar surface area (TPSA) is 136 Å². The number of ether oxygens (including phenoxy) is 1. The summed E-state index contributed by atoms with van der Waals surface area (Å²) in [6.07, 6.45) is 3.02. The first-order chi connectivity index (χ1) is 15.0. The Hall–Kier alpha value is -3.31. The van der Waals surface area contributed by atoms with Crippen LogP contribution in [0.2, 0.25) is 0 Å². The molecule has 0 saturated carbocycles. The van der Waals surface area contributed by atoms with E-state index >= 15 is 0 Å². The molecule has 1 aliphatic heterocycles. The standard InChI is InChI=1S/C20H20N4O6S/c25-12-17-15(19(23-30-17)16-3-1-2-6-21-16)13-29-18-5-4-14(11-22-18)20(26)24-7-9-31(27,28)10-8-24/h1-6,11,25H,7-10,12-13H2. The van der Waals surface area contributed by atoms with Crippen molar-refractivity contribution >= 4 is 15.7 Å². The predicted octanol–water partition coefficient (Wildman–Crippen LogP) is 1.07. The van der Waals surface area contributed by atoms with Gasteiger partial charge < -0.3 is 19.3 Å². The second-order valence-corrected chi connectivity index (χ2v) is 9.23. The molecule has 0 aromatic carbocycles. The molecule has 0 spiro atoms. The van der Waals surface area contributed by atoms with Crippen molar-refractivity contribution in [3.63, 3.8) is 0 Å². The van der Waals surface area contributed by atoms with E-state index in [1.165, 1.54) is 11.1 Å². The maximum Gasteiger partial charge on any atom is 0.255 e. The molecule has 31 heavy (non-hydrogen) atoms. The summed E-state index contributed by atoms with van der Waals surface area (Å²) in [5, 5.41) is 13.5. The summed E-state index contributed by atoms with van der Waals surface area (Å²) in [4.78, 5) is 22.5. The largest absolute Gasteiger partial charge is 0.473 e. The summed E-state index contributed by atoms with van der Waals surface area (Å²) in [7, 11) is -3.06. The monoisotopic (exact) mass is 444 g/mol. The number of nitrogens with zero attached hydrogens (tertiary/aromatic N) is 4. The zero-order valence-corrected chi connectivity index (χ0v) is 17.3. The normalized spacial score (nSPS) is 15.6. The number of amides is 1. The van der Waals surface area contributed by atoms with Crippen molar-refractivity contribution in [2.45, 2.75) is 13.2 Å². The molecule has 1 amide bonds. The molecule has 0 atom stereocenters. The molecule has 4 heterocycles. The quantitative estimate of drug-likeness (QED) is 0.592. The smallest absolute Gasteiger partial charge is 0.255 e. The molecule has 10 nitrogen and oxygen atoms in total. The van der Waals surface area contributed by atoms with Gasteiger partial charge in [-0.15, -0.1) is 0 Å². The van der Waals surface area contributed by atoms with Crippen LogP contribution in [0.5, 0.6) is 5.88 Å². The highest BCUT2D eigenvalue weighted by molar-refractivity contribution is 7.91. The lowest BCUT2D eigenvalue weighted by Gasteiger charge is -2.26. The van der Waals surface area contributed by atoms with E-state index in [4.69, 9.17) is 9.26 Å². The molecule has 0 bridgehead atoms. The van der Waals surface area contributed by atoms with E-state index in [9.17, 15) is 18.3 Å². The summed E-state index contributed by atoms with van der Waals surface area (Å²) in [5.41, 5.74) is 1.96. The average Bonchev–Trinajstić information content (AvgIpc) is 3.21. The van der Waals surface area contributed by atoms with Crippen LogP contribution in [0.1, 0.15) is 21.7 Å². The minimum absolute atomic E-state index is 0.0299. The Morgan fingerprint density at radius 3 is 2.61 bits per heavy atom. The molecule has 4 rings (SSSR count). The maximum atomic E-state index is 12.5. The fraction of sp³-hybridized carbons (Fsp3) is 0.300. The van der Waals surface area contributed by atoms with Crippen LogP contribution in [0.15, 0.2) is 47.2 Å². The number of aromatic nitrogens is 3. The minimum Gasteiger partial charge on any atom is -0.473 e. The number of carbonyl (C=O) groups is 1. The Bertz CT molecular complexity index is 1150. The van der Waals surface area contributed by atoms with Crippen LogP contribution in [0, 0.1) is 0 Å². The average molecular weight is 444 g/mol. The highest BCUT2D eigenvalue weighted by atomic mass is 32.2. The molecule has 3 aromatic heterocycles. The molecule has 1 aliphatic rings. The van der Waals surface area contributed by atoms with E-state index in [0.29, 0.717) is 22.5 Å². The van der Waals surface area contributed by atoms with Crippen molar-refractivity contribution in [2.24, 2.45) is 0 Å². The van der Waals surface area contributed by atoms with Gasteiger partial charge >= 0.3 is 0 Å². The van der Waals surface area contributed by atoms with E-state index in [0.717, 1.165) is 0 Å². The van der Waals surface area contributed by atoms with Gasteiger partial charge in [-0.1, -0.05) is 11.2 Å². The third-order valence-corrected chi connectivity index (χ3v) is 6.51. The van der Waals surface area contributed by atoms with E-state index < -0.39 is 9.84 Å². The van der Waals surface area contributed by atoms with Crippen LogP contribution >= 0.6 is 0 Å². The third kappa shape index (κ3) is 4.72. The zero-order valence-electron chi connectivity index (χ0n) is 16.5. The Morgan fingerprint density at radius 1 is 1.16 bits per heavy atom. The molecule has 0 unspecified atom stereocenters. The molecule has 0 radical (unpaired) electrons. The second kappa shape index (κ2) is 8.82. The highest BCUT2D eigenvalue weighted by Crippen LogP contribution is 2.25. The lowest BCUT2D eigenvalue weighted by molar-refractivity contribution is 0.0769. The number of aliphatic hydroxyl groups is 1. The molecule has 0 aliphatic carbocycles. The van der Waals surface area contributed by atoms with Crippen LogP contribution < -0.4 is 4.74 Å². The first-order valence-electron chi connectivity index (χ1n) is 9.55. The van der Waals surface area contributed by atoms with Crippen molar-refractivity contribution in [1.29, 1.82) is 0 Å². The summed E-state index contributed by atoms with van der Waals surface area (Å²) >= 11 is 0. The van der Waals surface area contributed by atoms with E-state index in [-0.39, 0.29) is 55.4 Å². The van der Waals surface area contributed by atoms with Gasteiger partial charge in [0.15, 0.2) is 15.6 Å². The van der Waals surface area contributed by atoms with Crippen molar-refractivity contribution in [3.8, 4) is 17.3 Å². The van der Waals surface area contributed by atoms with Crippen molar-refractivity contribution in [2.75, 3.05) is 24.6 Å². The Labute approximate surface area is 178 Å². The summed E-state index contributed by atoms with van der Waals surface area (Å²) < 4.78 is 34.0. The summed E-state index contributed by atoms with van der Waals surface area (Å²) in [5.74, 6) is 0.214. The first kappa shape index (κ1) is 20.9. The molecule has 11 heteroatoms. The number of pyridine rings is 2. The van der Waals surface area contributed by atoms with Crippen molar-refractivity contribution in [1.82, 2.24) is 20.0 Å². The fourth-order valence-electron chi connectivity index (χ4n) is 3.16. The molecular weight excluding hydrogens is 424 g/mol. The Kier molecular flexibility index (Phi) is 5.96. The highest BCUT2D eigenvalue weighted by Gasteiger charge is 2.26. The lowest BCUT2D eigenvalue weighted by atomic mass is 10.1. The summed E-state index contributed by atoms with van der Waals surface area (Å²) in [6.45, 7) is 0.0425. The molecule has 1 fully saturated rings.